The monoisotopic (exact) mass is 636 g/mol. The van der Waals surface area contributed by atoms with Gasteiger partial charge in [-0.2, -0.15) is 0 Å². The van der Waals surface area contributed by atoms with Gasteiger partial charge in [-0.25, -0.2) is 0 Å². The quantitative estimate of drug-likeness (QED) is 0.180. The van der Waals surface area contributed by atoms with Gasteiger partial charge in [0.05, 0.1) is 0 Å². The molecule has 11 aromatic rings. The first kappa shape index (κ1) is 27.3. The van der Waals surface area contributed by atoms with E-state index in [1.165, 1.54) is 60.1 Å². The van der Waals surface area contributed by atoms with E-state index in [0.717, 1.165) is 49.4 Å². The third kappa shape index (κ3) is 3.90. The van der Waals surface area contributed by atoms with Gasteiger partial charge in [0.1, 0.15) is 22.3 Å². The predicted octanol–water partition coefficient (Wildman–Crippen LogP) is 13.9. The first-order valence-corrected chi connectivity index (χ1v) is 17.1. The Hall–Kier alpha value is -6.64. The summed E-state index contributed by atoms with van der Waals surface area (Å²) in [6.45, 7) is 0. The van der Waals surface area contributed by atoms with Gasteiger partial charge < -0.3 is 8.83 Å². The number of fused-ring (bicyclic) bond motifs is 9. The summed E-state index contributed by atoms with van der Waals surface area (Å²) in [6.07, 6.45) is 0. The smallest absolute Gasteiger partial charge is 0.139 e. The van der Waals surface area contributed by atoms with Crippen molar-refractivity contribution in [2.75, 3.05) is 0 Å². The zero-order valence-electron chi connectivity index (χ0n) is 27.0. The van der Waals surface area contributed by atoms with Gasteiger partial charge in [0, 0.05) is 27.6 Å². The van der Waals surface area contributed by atoms with Gasteiger partial charge in [0.25, 0.3) is 0 Å². The second-order valence-corrected chi connectivity index (χ2v) is 13.2. The lowest BCUT2D eigenvalue weighted by Gasteiger charge is -2.19. The summed E-state index contributed by atoms with van der Waals surface area (Å²) in [5.41, 5.74) is 10.8. The van der Waals surface area contributed by atoms with E-state index in [0.29, 0.717) is 0 Å². The molecule has 50 heavy (non-hydrogen) atoms. The molecule has 0 amide bonds. The van der Waals surface area contributed by atoms with E-state index in [2.05, 4.69) is 152 Å². The summed E-state index contributed by atoms with van der Waals surface area (Å²) in [6, 6.07) is 61.0. The molecule has 2 heterocycles. The topological polar surface area (TPSA) is 26.3 Å². The summed E-state index contributed by atoms with van der Waals surface area (Å²) < 4.78 is 12.8. The molecule has 0 bridgehead atoms. The molecule has 9 aromatic carbocycles. The van der Waals surface area contributed by atoms with Crippen LogP contribution in [-0.4, -0.2) is 0 Å². The molecule has 0 saturated carbocycles. The molecule has 0 aliphatic heterocycles. The van der Waals surface area contributed by atoms with E-state index < -0.39 is 0 Å². The van der Waals surface area contributed by atoms with E-state index in [1.54, 1.807) is 0 Å². The molecule has 2 nitrogen and oxygen atoms in total. The fraction of sp³-hybridized carbons (Fsp3) is 0. The highest BCUT2D eigenvalue weighted by atomic mass is 16.3. The van der Waals surface area contributed by atoms with Crippen molar-refractivity contribution in [2.24, 2.45) is 0 Å². The summed E-state index contributed by atoms with van der Waals surface area (Å²) in [4.78, 5) is 0. The van der Waals surface area contributed by atoms with Gasteiger partial charge in [0.2, 0.25) is 0 Å². The highest BCUT2D eigenvalue weighted by molar-refractivity contribution is 6.25. The molecular weight excluding hydrogens is 609 g/mol. The third-order valence-corrected chi connectivity index (χ3v) is 10.5. The molecule has 2 aromatic heterocycles. The van der Waals surface area contributed by atoms with Crippen LogP contribution in [0.25, 0.3) is 110 Å². The van der Waals surface area contributed by atoms with Crippen LogP contribution in [0.3, 0.4) is 0 Å². The van der Waals surface area contributed by atoms with E-state index >= 15 is 0 Å². The minimum Gasteiger partial charge on any atom is -0.456 e. The Kier molecular flexibility index (Phi) is 5.70. The van der Waals surface area contributed by atoms with Crippen LogP contribution in [0.5, 0.6) is 0 Å². The second kappa shape index (κ2) is 10.4. The lowest BCUT2D eigenvalue weighted by molar-refractivity contribution is 0.656. The number of para-hydroxylation sites is 1. The van der Waals surface area contributed by atoms with Crippen molar-refractivity contribution < 1.29 is 8.83 Å². The summed E-state index contributed by atoms with van der Waals surface area (Å²) in [5.74, 6) is 0. The van der Waals surface area contributed by atoms with Crippen LogP contribution in [0.2, 0.25) is 0 Å². The maximum Gasteiger partial charge on any atom is 0.139 e. The molecular formula is C48H28O2. The first-order chi connectivity index (χ1) is 24.8. The molecule has 0 unspecified atom stereocenters. The van der Waals surface area contributed by atoms with Crippen LogP contribution >= 0.6 is 0 Å². The third-order valence-electron chi connectivity index (χ3n) is 10.5. The lowest BCUT2D eigenvalue weighted by Crippen LogP contribution is -1.92. The fourth-order valence-electron chi connectivity index (χ4n) is 8.27. The Morgan fingerprint density at radius 2 is 0.720 bits per heavy atom. The summed E-state index contributed by atoms with van der Waals surface area (Å²) >= 11 is 0. The molecule has 2 heteroatoms. The van der Waals surface area contributed by atoms with Crippen molar-refractivity contribution in [2.45, 2.75) is 0 Å². The zero-order valence-corrected chi connectivity index (χ0v) is 27.0. The van der Waals surface area contributed by atoms with Crippen LogP contribution < -0.4 is 0 Å². The van der Waals surface area contributed by atoms with Gasteiger partial charge in [0.15, 0.2) is 0 Å². The van der Waals surface area contributed by atoms with Crippen LogP contribution in [0.15, 0.2) is 179 Å². The zero-order chi connectivity index (χ0) is 32.8. The number of furan rings is 2. The number of rotatable bonds is 3. The molecule has 11 rings (SSSR count). The van der Waals surface area contributed by atoms with Crippen LogP contribution in [0.1, 0.15) is 0 Å². The Morgan fingerprint density at radius 3 is 1.40 bits per heavy atom. The van der Waals surface area contributed by atoms with Crippen molar-refractivity contribution in [3.05, 3.63) is 170 Å². The van der Waals surface area contributed by atoms with Gasteiger partial charge in [-0.15, -0.1) is 0 Å². The molecule has 0 radical (unpaired) electrons. The van der Waals surface area contributed by atoms with E-state index in [4.69, 9.17) is 8.83 Å². The van der Waals surface area contributed by atoms with Crippen molar-refractivity contribution in [3.63, 3.8) is 0 Å². The van der Waals surface area contributed by atoms with E-state index in [1.807, 2.05) is 18.2 Å². The van der Waals surface area contributed by atoms with E-state index in [-0.39, 0.29) is 0 Å². The molecule has 0 atom stereocenters. The van der Waals surface area contributed by atoms with Gasteiger partial charge in [-0.05, 0) is 90.0 Å². The molecule has 0 aliphatic carbocycles. The van der Waals surface area contributed by atoms with Crippen molar-refractivity contribution in [1.29, 1.82) is 0 Å². The first-order valence-electron chi connectivity index (χ1n) is 17.1. The molecule has 0 aliphatic rings. The molecule has 0 fully saturated rings. The minimum absolute atomic E-state index is 0.833. The van der Waals surface area contributed by atoms with Gasteiger partial charge in [-0.1, -0.05) is 140 Å². The highest BCUT2D eigenvalue weighted by Gasteiger charge is 2.20. The average Bonchev–Trinajstić information content (AvgIpc) is 3.72. The maximum absolute atomic E-state index is 6.57. The number of hydrogen-bond acceptors (Lipinski definition) is 2. The maximum atomic E-state index is 6.57. The molecule has 0 spiro atoms. The summed E-state index contributed by atoms with van der Waals surface area (Å²) in [7, 11) is 0. The largest absolute Gasteiger partial charge is 0.456 e. The normalized spacial score (nSPS) is 12.0. The minimum atomic E-state index is 0.833. The number of hydrogen-bond donors (Lipinski definition) is 0. The van der Waals surface area contributed by atoms with E-state index in [9.17, 15) is 0 Å². The van der Waals surface area contributed by atoms with Crippen LogP contribution in [-0.2, 0) is 0 Å². The van der Waals surface area contributed by atoms with Crippen LogP contribution in [0.4, 0.5) is 0 Å². The SMILES string of the molecule is c1ccc(-c2ccc(-c3c4ccccc4c(-c4ccc5c(c4)oc4cc6oc7ccccc7c6cc45)c4ccccc34)c3ccccc23)cc1. The molecule has 0 saturated heterocycles. The highest BCUT2D eigenvalue weighted by Crippen LogP contribution is 2.47. The van der Waals surface area contributed by atoms with Gasteiger partial charge >= 0.3 is 0 Å². The standard InChI is InChI=1S/C48H28O2/c1-2-12-29(13-3-1)31-24-25-40(33-15-5-4-14-32(31)33)48-38-19-8-6-17-36(38)47(37-18-7-9-20-39(37)48)30-22-23-35-42-27-41-34-16-10-11-21-43(34)49-45(41)28-46(42)50-44(35)26-30/h1-28H. The summed E-state index contributed by atoms with van der Waals surface area (Å²) in [5, 5.41) is 11.8. The van der Waals surface area contributed by atoms with Crippen molar-refractivity contribution >= 4 is 76.2 Å². The molecule has 0 N–H and O–H groups in total. The fourth-order valence-corrected chi connectivity index (χ4v) is 8.27. The second-order valence-electron chi connectivity index (χ2n) is 13.2. The Bertz CT molecular complexity index is 3080. The van der Waals surface area contributed by atoms with Crippen LogP contribution in [0, 0.1) is 0 Å². The Balaban J connectivity index is 1.16. The van der Waals surface area contributed by atoms with Gasteiger partial charge in [-0.3, -0.25) is 0 Å². The Labute approximate surface area is 287 Å². The average molecular weight is 637 g/mol. The predicted molar refractivity (Wildman–Crippen MR) is 210 cm³/mol. The molecule has 232 valence electrons. The number of benzene rings is 9. The Morgan fingerprint density at radius 1 is 0.240 bits per heavy atom. The van der Waals surface area contributed by atoms with Crippen molar-refractivity contribution in [3.8, 4) is 33.4 Å². The van der Waals surface area contributed by atoms with Crippen molar-refractivity contribution in [1.82, 2.24) is 0 Å². The lowest BCUT2D eigenvalue weighted by atomic mass is 9.83.